The highest BCUT2D eigenvalue weighted by Gasteiger charge is 2.20. The standard InChI is InChI=1S/C11H14NS.HI/c1-9-3-5-10(6-4-9)11-12(2)7-8-13-11;/h3-6H,7-8H2,1-2H3;1H/q+1;/p-1. The first-order valence-corrected chi connectivity index (χ1v) is 5.54. The van der Waals surface area contributed by atoms with Crippen LogP contribution in [0.1, 0.15) is 11.1 Å². The van der Waals surface area contributed by atoms with Crippen molar-refractivity contribution in [2.75, 3.05) is 19.3 Å². The minimum atomic E-state index is 0. The van der Waals surface area contributed by atoms with E-state index in [0.717, 1.165) is 0 Å². The Balaban J connectivity index is 0.000000980. The second-order valence-corrected chi connectivity index (χ2v) is 4.52. The van der Waals surface area contributed by atoms with Crippen molar-refractivity contribution in [2.45, 2.75) is 6.92 Å². The van der Waals surface area contributed by atoms with Gasteiger partial charge in [-0.25, -0.2) is 4.58 Å². The van der Waals surface area contributed by atoms with Gasteiger partial charge in [0.15, 0.2) is 6.54 Å². The van der Waals surface area contributed by atoms with Crippen LogP contribution in [0.4, 0.5) is 0 Å². The Hall–Kier alpha value is -0.0300. The number of thioether (sulfide) groups is 1. The van der Waals surface area contributed by atoms with Gasteiger partial charge in [-0.15, -0.1) is 0 Å². The maximum Gasteiger partial charge on any atom is 0.242 e. The molecule has 1 aliphatic rings. The zero-order valence-corrected chi connectivity index (χ0v) is 11.4. The summed E-state index contributed by atoms with van der Waals surface area (Å²) >= 11 is 1.95. The van der Waals surface area contributed by atoms with Gasteiger partial charge in [-0.1, -0.05) is 29.5 Å². The first kappa shape index (κ1) is 12.0. The first-order chi connectivity index (χ1) is 6.27. The van der Waals surface area contributed by atoms with Crippen molar-refractivity contribution in [1.29, 1.82) is 0 Å². The maximum absolute atomic E-state index is 2.33. The Kier molecular flexibility index (Phi) is 4.44. The van der Waals surface area contributed by atoms with E-state index in [1.54, 1.807) is 0 Å². The van der Waals surface area contributed by atoms with Gasteiger partial charge in [0, 0.05) is 0 Å². The third kappa shape index (κ3) is 2.51. The molecule has 0 aromatic heterocycles. The molecule has 1 nitrogen and oxygen atoms in total. The molecule has 1 aromatic rings. The molecule has 0 fully saturated rings. The van der Waals surface area contributed by atoms with Crippen molar-refractivity contribution in [1.82, 2.24) is 0 Å². The molecule has 1 heterocycles. The molecule has 0 bridgehead atoms. The zero-order chi connectivity index (χ0) is 9.26. The van der Waals surface area contributed by atoms with Crippen LogP contribution in [0.15, 0.2) is 24.3 Å². The van der Waals surface area contributed by atoms with Gasteiger partial charge in [0.2, 0.25) is 5.04 Å². The monoisotopic (exact) mass is 319 g/mol. The van der Waals surface area contributed by atoms with Crippen molar-refractivity contribution >= 4 is 16.8 Å². The van der Waals surface area contributed by atoms with Crippen molar-refractivity contribution in [2.24, 2.45) is 0 Å². The molecule has 0 atom stereocenters. The quantitative estimate of drug-likeness (QED) is 0.481. The lowest BCUT2D eigenvalue weighted by Gasteiger charge is -1.97. The van der Waals surface area contributed by atoms with E-state index in [1.807, 2.05) is 11.8 Å². The van der Waals surface area contributed by atoms with E-state index in [4.69, 9.17) is 0 Å². The van der Waals surface area contributed by atoms with Crippen molar-refractivity contribution in [3.8, 4) is 0 Å². The molecule has 0 amide bonds. The summed E-state index contributed by atoms with van der Waals surface area (Å²) in [6, 6.07) is 8.77. The van der Waals surface area contributed by atoms with E-state index in [-0.39, 0.29) is 24.0 Å². The summed E-state index contributed by atoms with van der Waals surface area (Å²) in [6.07, 6.45) is 0. The lowest BCUT2D eigenvalue weighted by Crippen LogP contribution is -3.00. The largest absolute Gasteiger partial charge is 1.00 e. The van der Waals surface area contributed by atoms with Gasteiger partial charge >= 0.3 is 0 Å². The van der Waals surface area contributed by atoms with Crippen LogP contribution in [0.25, 0.3) is 0 Å². The smallest absolute Gasteiger partial charge is 0.242 e. The SMILES string of the molecule is Cc1ccc(C2=[N+](C)CCS2)cc1.[I-]. The average Bonchev–Trinajstić information content (AvgIpc) is 2.53. The van der Waals surface area contributed by atoms with E-state index < -0.39 is 0 Å². The number of hydrogen-bond acceptors (Lipinski definition) is 1. The molecule has 0 N–H and O–H groups in total. The Labute approximate surface area is 107 Å². The van der Waals surface area contributed by atoms with Gasteiger partial charge in [-0.3, -0.25) is 0 Å². The molecule has 0 saturated heterocycles. The molecular weight excluding hydrogens is 305 g/mol. The summed E-state index contributed by atoms with van der Waals surface area (Å²) in [5, 5.41) is 1.42. The fourth-order valence-electron chi connectivity index (χ4n) is 1.49. The molecule has 0 aliphatic carbocycles. The summed E-state index contributed by atoms with van der Waals surface area (Å²) in [4.78, 5) is 0. The van der Waals surface area contributed by atoms with Gasteiger partial charge in [0.05, 0.1) is 11.3 Å². The highest BCUT2D eigenvalue weighted by atomic mass is 127. The van der Waals surface area contributed by atoms with Crippen LogP contribution in [0.3, 0.4) is 0 Å². The Morgan fingerprint density at radius 2 is 1.86 bits per heavy atom. The van der Waals surface area contributed by atoms with Crippen LogP contribution < -0.4 is 24.0 Å². The number of hydrogen-bond donors (Lipinski definition) is 0. The molecule has 14 heavy (non-hydrogen) atoms. The molecule has 0 radical (unpaired) electrons. The Bertz CT molecular complexity index is 343. The second kappa shape index (κ2) is 5.16. The normalized spacial score (nSPS) is 15.6. The molecule has 2 rings (SSSR count). The minimum Gasteiger partial charge on any atom is -1.00 e. The molecule has 0 saturated carbocycles. The molecule has 1 aliphatic heterocycles. The number of aryl methyl sites for hydroxylation is 1. The number of benzene rings is 1. The van der Waals surface area contributed by atoms with Gasteiger partial charge in [-0.05, 0) is 19.1 Å². The lowest BCUT2D eigenvalue weighted by atomic mass is 10.2. The first-order valence-electron chi connectivity index (χ1n) is 4.55. The topological polar surface area (TPSA) is 3.01 Å². The van der Waals surface area contributed by atoms with Crippen molar-refractivity contribution < 1.29 is 28.6 Å². The third-order valence-electron chi connectivity index (χ3n) is 2.31. The van der Waals surface area contributed by atoms with Gasteiger partial charge in [0.25, 0.3) is 0 Å². The molecule has 76 valence electrons. The molecule has 1 aromatic carbocycles. The van der Waals surface area contributed by atoms with Crippen LogP contribution in [-0.4, -0.2) is 29.0 Å². The number of halogens is 1. The van der Waals surface area contributed by atoms with E-state index in [0.29, 0.717) is 0 Å². The van der Waals surface area contributed by atoms with Crippen LogP contribution in [0, 0.1) is 6.92 Å². The summed E-state index contributed by atoms with van der Waals surface area (Å²) in [5.41, 5.74) is 2.69. The fourth-order valence-corrected chi connectivity index (χ4v) is 2.66. The fraction of sp³-hybridized carbons (Fsp3) is 0.364. The summed E-state index contributed by atoms with van der Waals surface area (Å²) < 4.78 is 2.33. The third-order valence-corrected chi connectivity index (χ3v) is 3.52. The average molecular weight is 319 g/mol. The Morgan fingerprint density at radius 3 is 2.36 bits per heavy atom. The molecule has 0 unspecified atom stereocenters. The van der Waals surface area contributed by atoms with E-state index >= 15 is 0 Å². The van der Waals surface area contributed by atoms with E-state index in [1.165, 1.54) is 28.5 Å². The summed E-state index contributed by atoms with van der Waals surface area (Å²) in [7, 11) is 2.16. The maximum atomic E-state index is 2.33. The van der Waals surface area contributed by atoms with Crippen LogP contribution in [0.2, 0.25) is 0 Å². The number of nitrogens with zero attached hydrogens (tertiary/aromatic N) is 1. The van der Waals surface area contributed by atoms with Crippen LogP contribution in [-0.2, 0) is 0 Å². The van der Waals surface area contributed by atoms with E-state index in [9.17, 15) is 0 Å². The molecule has 0 spiro atoms. The van der Waals surface area contributed by atoms with Crippen LogP contribution >= 0.6 is 11.8 Å². The molecular formula is C11H14INS. The lowest BCUT2D eigenvalue weighted by molar-refractivity contribution is -0.485. The minimum absolute atomic E-state index is 0. The van der Waals surface area contributed by atoms with Gasteiger partial charge in [0.1, 0.15) is 7.05 Å². The summed E-state index contributed by atoms with van der Waals surface area (Å²) in [5.74, 6) is 1.22. The van der Waals surface area contributed by atoms with Crippen molar-refractivity contribution in [3.63, 3.8) is 0 Å². The van der Waals surface area contributed by atoms with Gasteiger partial charge in [-0.2, -0.15) is 0 Å². The highest BCUT2D eigenvalue weighted by Crippen LogP contribution is 2.18. The Morgan fingerprint density at radius 1 is 1.21 bits per heavy atom. The second-order valence-electron chi connectivity index (χ2n) is 3.44. The predicted molar refractivity (Wildman–Crippen MR) is 58.8 cm³/mol. The van der Waals surface area contributed by atoms with Gasteiger partial charge < -0.3 is 24.0 Å². The highest BCUT2D eigenvalue weighted by molar-refractivity contribution is 8.14. The van der Waals surface area contributed by atoms with E-state index in [2.05, 4.69) is 42.8 Å². The summed E-state index contributed by atoms with van der Waals surface area (Å²) in [6.45, 7) is 3.30. The number of rotatable bonds is 1. The molecule has 3 heteroatoms. The zero-order valence-electron chi connectivity index (χ0n) is 8.46. The van der Waals surface area contributed by atoms with Crippen molar-refractivity contribution in [3.05, 3.63) is 35.4 Å². The van der Waals surface area contributed by atoms with Crippen LogP contribution in [0.5, 0.6) is 0 Å². The predicted octanol–water partition coefficient (Wildman–Crippen LogP) is -0.865.